The number of halogens is 1. The van der Waals surface area contributed by atoms with E-state index < -0.39 is 21.7 Å². The SMILES string of the molecule is C=C(N)[C@@]1(C)Cc2cc(F)cc([C@@H](C)N[S+]([O-])C(C)(C)C)c2O1. The molecule has 0 aliphatic carbocycles. The minimum atomic E-state index is -1.27. The largest absolute Gasteiger partial charge is 0.598 e. The number of rotatable bonds is 4. The highest BCUT2D eigenvalue weighted by Crippen LogP contribution is 2.42. The van der Waals surface area contributed by atoms with Gasteiger partial charge in [0.05, 0.1) is 6.04 Å². The van der Waals surface area contributed by atoms with E-state index in [-0.39, 0.29) is 11.9 Å². The third kappa shape index (κ3) is 3.65. The molecule has 1 heterocycles. The second-order valence-electron chi connectivity index (χ2n) is 7.24. The molecule has 0 bridgehead atoms. The molecule has 0 saturated heterocycles. The van der Waals surface area contributed by atoms with Crippen LogP contribution in [0.2, 0.25) is 0 Å². The molecule has 0 fully saturated rings. The third-order valence-electron chi connectivity index (χ3n) is 4.00. The summed E-state index contributed by atoms with van der Waals surface area (Å²) in [6.45, 7) is 13.1. The van der Waals surface area contributed by atoms with Crippen LogP contribution >= 0.6 is 0 Å². The van der Waals surface area contributed by atoms with Crippen molar-refractivity contribution in [2.75, 3.05) is 0 Å². The van der Waals surface area contributed by atoms with Crippen LogP contribution in [0.4, 0.5) is 4.39 Å². The molecule has 0 saturated carbocycles. The van der Waals surface area contributed by atoms with Gasteiger partial charge in [-0.1, -0.05) is 6.58 Å². The van der Waals surface area contributed by atoms with E-state index in [1.807, 2.05) is 34.6 Å². The van der Waals surface area contributed by atoms with Crippen LogP contribution in [-0.4, -0.2) is 14.9 Å². The van der Waals surface area contributed by atoms with Gasteiger partial charge in [-0.25, -0.2) is 4.39 Å². The summed E-state index contributed by atoms with van der Waals surface area (Å²) >= 11 is -1.27. The Morgan fingerprint density at radius 1 is 1.52 bits per heavy atom. The summed E-state index contributed by atoms with van der Waals surface area (Å²) in [5.41, 5.74) is 6.89. The third-order valence-corrected chi connectivity index (χ3v) is 5.68. The predicted molar refractivity (Wildman–Crippen MR) is 91.9 cm³/mol. The monoisotopic (exact) mass is 340 g/mol. The molecule has 3 atom stereocenters. The maximum atomic E-state index is 14.0. The van der Waals surface area contributed by atoms with Gasteiger partial charge in [0.15, 0.2) is 0 Å². The van der Waals surface area contributed by atoms with Gasteiger partial charge in [-0.15, -0.1) is 4.72 Å². The summed E-state index contributed by atoms with van der Waals surface area (Å²) in [4.78, 5) is 0. The summed E-state index contributed by atoms with van der Waals surface area (Å²) in [6, 6.07) is 2.55. The Morgan fingerprint density at radius 3 is 2.65 bits per heavy atom. The number of benzene rings is 1. The first-order valence-electron chi connectivity index (χ1n) is 7.58. The summed E-state index contributed by atoms with van der Waals surface area (Å²) in [7, 11) is 0. The van der Waals surface area contributed by atoms with E-state index in [1.165, 1.54) is 12.1 Å². The number of nitrogens with two attached hydrogens (primary N) is 1. The van der Waals surface area contributed by atoms with E-state index in [4.69, 9.17) is 10.5 Å². The van der Waals surface area contributed by atoms with Crippen LogP contribution in [0.5, 0.6) is 5.75 Å². The van der Waals surface area contributed by atoms with Gasteiger partial charge in [-0.05, 0) is 46.8 Å². The van der Waals surface area contributed by atoms with Gasteiger partial charge in [0.25, 0.3) is 0 Å². The van der Waals surface area contributed by atoms with E-state index in [0.29, 0.717) is 23.4 Å². The van der Waals surface area contributed by atoms with Crippen molar-refractivity contribution in [3.05, 3.63) is 41.4 Å². The van der Waals surface area contributed by atoms with E-state index in [2.05, 4.69) is 11.3 Å². The summed E-state index contributed by atoms with van der Waals surface area (Å²) < 4.78 is 34.9. The highest BCUT2D eigenvalue weighted by atomic mass is 32.2. The van der Waals surface area contributed by atoms with Crippen LogP contribution in [0.3, 0.4) is 0 Å². The Balaban J connectivity index is 2.34. The maximum Gasteiger partial charge on any atom is 0.149 e. The molecule has 2 rings (SSSR count). The van der Waals surface area contributed by atoms with E-state index in [1.54, 1.807) is 0 Å². The van der Waals surface area contributed by atoms with Crippen molar-refractivity contribution in [1.82, 2.24) is 4.72 Å². The smallest absolute Gasteiger partial charge is 0.149 e. The summed E-state index contributed by atoms with van der Waals surface area (Å²) in [5, 5.41) is 0. The first-order chi connectivity index (χ1) is 10.4. The fourth-order valence-corrected chi connectivity index (χ4v) is 3.26. The molecule has 0 radical (unpaired) electrons. The average molecular weight is 340 g/mol. The Morgan fingerprint density at radius 2 is 2.13 bits per heavy atom. The zero-order valence-electron chi connectivity index (χ0n) is 14.3. The lowest BCUT2D eigenvalue weighted by atomic mass is 9.95. The van der Waals surface area contributed by atoms with Gasteiger partial charge >= 0.3 is 0 Å². The second kappa shape index (κ2) is 6.00. The highest BCUT2D eigenvalue weighted by molar-refractivity contribution is 7.90. The molecule has 0 amide bonds. The topological polar surface area (TPSA) is 70.3 Å². The van der Waals surface area contributed by atoms with Crippen molar-refractivity contribution in [2.45, 2.75) is 57.4 Å². The van der Waals surface area contributed by atoms with E-state index in [0.717, 1.165) is 5.56 Å². The Kier molecular flexibility index (Phi) is 4.72. The van der Waals surface area contributed by atoms with Crippen LogP contribution in [0, 0.1) is 5.82 Å². The maximum absolute atomic E-state index is 14.0. The molecule has 3 N–H and O–H groups in total. The van der Waals surface area contributed by atoms with Crippen molar-refractivity contribution in [3.63, 3.8) is 0 Å². The number of hydrogen-bond acceptors (Lipinski definition) is 4. The van der Waals surface area contributed by atoms with Crippen molar-refractivity contribution in [1.29, 1.82) is 0 Å². The van der Waals surface area contributed by atoms with Gasteiger partial charge in [0.1, 0.15) is 21.9 Å². The molecule has 4 nitrogen and oxygen atoms in total. The van der Waals surface area contributed by atoms with E-state index in [9.17, 15) is 8.94 Å². The standard InChI is InChI=1S/C17H25FN2O2S/c1-10(20-23(21)16(3,4)5)14-8-13(18)7-12-9-17(6,11(2)19)22-15(12)14/h7-8,10,20H,2,9,19H2,1,3-6H3/t10-,17-,23?/m1/s1. The van der Waals surface area contributed by atoms with Gasteiger partial charge in [0, 0.05) is 34.6 Å². The van der Waals surface area contributed by atoms with Crippen molar-refractivity contribution >= 4 is 11.4 Å². The van der Waals surface area contributed by atoms with Crippen molar-refractivity contribution in [3.8, 4) is 5.75 Å². The summed E-state index contributed by atoms with van der Waals surface area (Å²) in [6.07, 6.45) is 0.470. The van der Waals surface area contributed by atoms with Crippen LogP contribution < -0.4 is 15.2 Å². The molecule has 6 heteroatoms. The lowest BCUT2D eigenvalue weighted by molar-refractivity contribution is 0.154. The van der Waals surface area contributed by atoms with Gasteiger partial charge in [-0.2, -0.15) is 0 Å². The molecular weight excluding hydrogens is 315 g/mol. The first kappa shape index (κ1) is 18.1. The molecule has 1 aliphatic rings. The zero-order valence-corrected chi connectivity index (χ0v) is 15.1. The van der Waals surface area contributed by atoms with Gasteiger partial charge in [0.2, 0.25) is 0 Å². The first-order valence-corrected chi connectivity index (χ1v) is 8.73. The molecule has 1 unspecified atom stereocenters. The molecule has 0 spiro atoms. The number of fused-ring (bicyclic) bond motifs is 1. The van der Waals surface area contributed by atoms with Crippen molar-refractivity contribution in [2.24, 2.45) is 5.73 Å². The second-order valence-corrected chi connectivity index (χ2v) is 9.24. The minimum Gasteiger partial charge on any atom is -0.598 e. The molecule has 1 aliphatic heterocycles. The predicted octanol–water partition coefficient (Wildman–Crippen LogP) is 3.10. The van der Waals surface area contributed by atoms with Gasteiger partial charge in [-0.3, -0.25) is 0 Å². The summed E-state index contributed by atoms with van der Waals surface area (Å²) in [5.74, 6) is 0.260. The molecular formula is C17H25FN2O2S. The lowest BCUT2D eigenvalue weighted by Gasteiger charge is -2.28. The van der Waals surface area contributed by atoms with Crippen LogP contribution in [-0.2, 0) is 17.8 Å². The zero-order chi connectivity index (χ0) is 17.6. The van der Waals surface area contributed by atoms with Gasteiger partial charge < -0.3 is 15.0 Å². The van der Waals surface area contributed by atoms with Crippen LogP contribution in [0.1, 0.15) is 51.8 Å². The molecule has 0 aromatic heterocycles. The number of ether oxygens (including phenoxy) is 1. The number of nitrogens with one attached hydrogen (secondary N) is 1. The Bertz CT molecular complexity index is 630. The molecule has 1 aromatic rings. The lowest BCUT2D eigenvalue weighted by Crippen LogP contribution is -2.40. The normalized spacial score (nSPS) is 23.1. The van der Waals surface area contributed by atoms with Crippen LogP contribution in [0.15, 0.2) is 24.4 Å². The fraction of sp³-hybridized carbons (Fsp3) is 0.529. The minimum absolute atomic E-state index is 0.326. The molecule has 128 valence electrons. The fourth-order valence-electron chi connectivity index (χ4n) is 2.46. The van der Waals surface area contributed by atoms with Crippen LogP contribution in [0.25, 0.3) is 0 Å². The highest BCUT2D eigenvalue weighted by Gasteiger charge is 2.39. The number of hydrogen-bond donors (Lipinski definition) is 2. The quantitative estimate of drug-likeness (QED) is 0.826. The van der Waals surface area contributed by atoms with E-state index >= 15 is 0 Å². The molecule has 23 heavy (non-hydrogen) atoms. The Hall–Kier alpha value is -1.24. The molecule has 1 aromatic carbocycles. The van der Waals surface area contributed by atoms with Crippen molar-refractivity contribution < 1.29 is 13.7 Å². The Labute approximate surface area is 140 Å². The average Bonchev–Trinajstić information content (AvgIpc) is 2.74.